The summed E-state index contributed by atoms with van der Waals surface area (Å²) in [7, 11) is 0. The van der Waals surface area contributed by atoms with Crippen LogP contribution < -0.4 is 0 Å². The van der Waals surface area contributed by atoms with Crippen molar-refractivity contribution in [2.24, 2.45) is 0 Å². The van der Waals surface area contributed by atoms with E-state index in [1.807, 2.05) is 13.8 Å². The molecular formula is C17H18F2N2O. The number of allylic oxidation sites excluding steroid dienone is 4. The van der Waals surface area contributed by atoms with E-state index in [0.29, 0.717) is 17.3 Å². The zero-order chi connectivity index (χ0) is 16.5. The van der Waals surface area contributed by atoms with Crippen LogP contribution in [0.15, 0.2) is 47.4 Å². The number of nitrogens with one attached hydrogen (secondary N) is 1. The maximum absolute atomic E-state index is 13.5. The second kappa shape index (κ2) is 5.75. The Hall–Kier alpha value is -2.43. The quantitative estimate of drug-likeness (QED) is 0.784. The number of nitrogens with zero attached hydrogens (tertiary/aromatic N) is 1. The van der Waals surface area contributed by atoms with Crippen molar-refractivity contribution in [1.29, 1.82) is 0 Å². The van der Waals surface area contributed by atoms with Gasteiger partial charge in [-0.1, -0.05) is 25.3 Å². The Balaban J connectivity index is 2.42. The van der Waals surface area contributed by atoms with Gasteiger partial charge in [-0.2, -0.15) is 0 Å². The van der Waals surface area contributed by atoms with Gasteiger partial charge in [-0.25, -0.2) is 13.8 Å². The SMILES string of the molecule is C=C/C=C(\C(=C)C(C)(F)F)c1ccc(-c2nc(C)c(C)[nH]2)o1. The Morgan fingerprint density at radius 1 is 1.36 bits per heavy atom. The predicted octanol–water partition coefficient (Wildman–Crippen LogP) is 5.07. The molecule has 2 aromatic heterocycles. The molecule has 1 N–H and O–H groups in total. The Morgan fingerprint density at radius 2 is 2.05 bits per heavy atom. The number of alkyl halides is 2. The lowest BCUT2D eigenvalue weighted by Crippen LogP contribution is -2.13. The molecule has 0 unspecified atom stereocenters. The molecule has 0 saturated heterocycles. The smallest absolute Gasteiger partial charge is 0.270 e. The highest BCUT2D eigenvalue weighted by atomic mass is 19.3. The van der Waals surface area contributed by atoms with E-state index in [1.54, 1.807) is 12.1 Å². The summed E-state index contributed by atoms with van der Waals surface area (Å²) in [4.78, 5) is 7.42. The molecule has 0 amide bonds. The third kappa shape index (κ3) is 3.08. The molecule has 0 aliphatic carbocycles. The lowest BCUT2D eigenvalue weighted by molar-refractivity contribution is 0.0691. The number of aromatic amines is 1. The molecule has 3 nitrogen and oxygen atoms in total. The zero-order valence-corrected chi connectivity index (χ0v) is 12.8. The van der Waals surface area contributed by atoms with Gasteiger partial charge in [0.1, 0.15) is 5.76 Å². The molecule has 0 fully saturated rings. The van der Waals surface area contributed by atoms with Gasteiger partial charge in [0.2, 0.25) is 0 Å². The minimum absolute atomic E-state index is 0.216. The second-order valence-electron chi connectivity index (χ2n) is 5.14. The standard InChI is InChI=1S/C17H18F2N2O/c1-6-7-13(10(2)17(5,18)19)14-8-9-15(22-14)16-20-11(3)12(4)21-16/h6-9H,1-2H2,3-5H3,(H,20,21)/b13-7+. The van der Waals surface area contributed by atoms with Crippen LogP contribution in [-0.4, -0.2) is 15.9 Å². The summed E-state index contributed by atoms with van der Waals surface area (Å²) in [5.74, 6) is -1.70. The van der Waals surface area contributed by atoms with E-state index in [0.717, 1.165) is 18.3 Å². The number of rotatable bonds is 5. The van der Waals surface area contributed by atoms with Crippen molar-refractivity contribution in [2.45, 2.75) is 26.7 Å². The normalized spacial score (nSPS) is 12.5. The summed E-state index contributed by atoms with van der Waals surface area (Å²) in [5, 5.41) is 0. The highest BCUT2D eigenvalue weighted by molar-refractivity contribution is 5.79. The number of furan rings is 1. The first-order valence-electron chi connectivity index (χ1n) is 6.78. The fraction of sp³-hybridized carbons (Fsp3) is 0.235. The average Bonchev–Trinajstić information content (AvgIpc) is 3.02. The number of aromatic nitrogens is 2. The molecule has 22 heavy (non-hydrogen) atoms. The summed E-state index contributed by atoms with van der Waals surface area (Å²) in [6.07, 6.45) is 2.89. The lowest BCUT2D eigenvalue weighted by Gasteiger charge is -2.15. The molecule has 0 aliphatic heterocycles. The number of hydrogen-bond acceptors (Lipinski definition) is 2. The van der Waals surface area contributed by atoms with E-state index in [4.69, 9.17) is 4.42 Å². The van der Waals surface area contributed by atoms with E-state index >= 15 is 0 Å². The van der Waals surface area contributed by atoms with Crippen LogP contribution in [0.1, 0.15) is 24.1 Å². The fourth-order valence-electron chi connectivity index (χ4n) is 1.96. The van der Waals surface area contributed by atoms with Crippen LogP contribution in [0.5, 0.6) is 0 Å². The molecule has 0 saturated carbocycles. The first-order valence-corrected chi connectivity index (χ1v) is 6.78. The molecular weight excluding hydrogens is 286 g/mol. The molecule has 2 heterocycles. The van der Waals surface area contributed by atoms with Gasteiger partial charge in [0.05, 0.1) is 5.69 Å². The van der Waals surface area contributed by atoms with Crippen LogP contribution in [0.3, 0.4) is 0 Å². The molecule has 116 valence electrons. The van der Waals surface area contributed by atoms with Gasteiger partial charge in [-0.15, -0.1) is 0 Å². The molecule has 0 atom stereocenters. The zero-order valence-electron chi connectivity index (χ0n) is 12.8. The van der Waals surface area contributed by atoms with Crippen LogP contribution in [0.2, 0.25) is 0 Å². The van der Waals surface area contributed by atoms with E-state index < -0.39 is 5.92 Å². The van der Waals surface area contributed by atoms with Crippen molar-refractivity contribution in [3.05, 3.63) is 60.2 Å². The van der Waals surface area contributed by atoms with Gasteiger partial charge in [-0.05, 0) is 26.0 Å². The minimum atomic E-state index is -3.04. The fourth-order valence-corrected chi connectivity index (χ4v) is 1.96. The van der Waals surface area contributed by atoms with Crippen LogP contribution >= 0.6 is 0 Å². The van der Waals surface area contributed by atoms with E-state index in [2.05, 4.69) is 23.1 Å². The average molecular weight is 304 g/mol. The Bertz CT molecular complexity index is 726. The number of hydrogen-bond donors (Lipinski definition) is 1. The van der Waals surface area contributed by atoms with Crippen molar-refractivity contribution < 1.29 is 13.2 Å². The van der Waals surface area contributed by atoms with Crippen molar-refractivity contribution >= 4 is 5.57 Å². The van der Waals surface area contributed by atoms with E-state index in [-0.39, 0.29) is 11.1 Å². The number of halogens is 2. The Labute approximate surface area is 128 Å². The van der Waals surface area contributed by atoms with Crippen molar-refractivity contribution in [2.75, 3.05) is 0 Å². The van der Waals surface area contributed by atoms with Crippen molar-refractivity contribution in [3.63, 3.8) is 0 Å². The first-order chi connectivity index (χ1) is 10.2. The highest BCUT2D eigenvalue weighted by Gasteiger charge is 2.30. The third-order valence-corrected chi connectivity index (χ3v) is 3.37. The molecule has 0 bridgehead atoms. The van der Waals surface area contributed by atoms with Gasteiger partial charge in [0.25, 0.3) is 5.92 Å². The maximum atomic E-state index is 13.5. The topological polar surface area (TPSA) is 41.8 Å². The van der Waals surface area contributed by atoms with Crippen LogP contribution in [-0.2, 0) is 0 Å². The van der Waals surface area contributed by atoms with Crippen molar-refractivity contribution in [1.82, 2.24) is 9.97 Å². The number of imidazole rings is 1. The lowest BCUT2D eigenvalue weighted by atomic mass is 10.00. The monoisotopic (exact) mass is 304 g/mol. The van der Waals surface area contributed by atoms with Crippen LogP contribution in [0.4, 0.5) is 8.78 Å². The summed E-state index contributed by atoms with van der Waals surface area (Å²) in [5.41, 5.74) is 1.69. The van der Waals surface area contributed by atoms with Gasteiger partial charge in [0, 0.05) is 23.8 Å². The Morgan fingerprint density at radius 3 is 2.55 bits per heavy atom. The van der Waals surface area contributed by atoms with Gasteiger partial charge in [-0.3, -0.25) is 0 Å². The summed E-state index contributed by atoms with van der Waals surface area (Å²) in [6, 6.07) is 3.31. The van der Waals surface area contributed by atoms with Gasteiger partial charge >= 0.3 is 0 Å². The van der Waals surface area contributed by atoms with Crippen LogP contribution in [0.25, 0.3) is 17.2 Å². The van der Waals surface area contributed by atoms with Gasteiger partial charge in [0.15, 0.2) is 11.6 Å². The molecule has 0 aliphatic rings. The molecule has 5 heteroatoms. The number of H-pyrrole nitrogens is 1. The maximum Gasteiger partial charge on any atom is 0.270 e. The molecule has 0 spiro atoms. The molecule has 2 aromatic rings. The third-order valence-electron chi connectivity index (χ3n) is 3.37. The highest BCUT2D eigenvalue weighted by Crippen LogP contribution is 2.35. The minimum Gasteiger partial charge on any atom is -0.453 e. The summed E-state index contributed by atoms with van der Waals surface area (Å²) in [6.45, 7) is 11.6. The van der Waals surface area contributed by atoms with Gasteiger partial charge < -0.3 is 9.40 Å². The predicted molar refractivity (Wildman–Crippen MR) is 83.7 cm³/mol. The number of aryl methyl sites for hydroxylation is 2. The summed E-state index contributed by atoms with van der Waals surface area (Å²) < 4.78 is 32.7. The summed E-state index contributed by atoms with van der Waals surface area (Å²) >= 11 is 0. The molecule has 2 rings (SSSR count). The van der Waals surface area contributed by atoms with E-state index in [9.17, 15) is 8.78 Å². The largest absolute Gasteiger partial charge is 0.453 e. The van der Waals surface area contributed by atoms with Crippen LogP contribution in [0, 0.1) is 13.8 Å². The first kappa shape index (κ1) is 15.9. The second-order valence-corrected chi connectivity index (χ2v) is 5.14. The van der Waals surface area contributed by atoms with E-state index in [1.165, 1.54) is 12.2 Å². The molecule has 0 aromatic carbocycles. The molecule has 0 radical (unpaired) electrons. The van der Waals surface area contributed by atoms with Crippen molar-refractivity contribution in [3.8, 4) is 11.6 Å². The Kier molecular flexibility index (Phi) is 4.17.